The number of unbranched alkanes of at least 4 members (excludes halogenated alkanes) is 1. The van der Waals surface area contributed by atoms with Gasteiger partial charge in [0.25, 0.3) is 0 Å². The molecule has 3 nitrogen and oxygen atoms in total. The molecule has 0 aliphatic heterocycles. The molecule has 212 valence electrons. The molecule has 43 heavy (non-hydrogen) atoms. The van der Waals surface area contributed by atoms with Crippen molar-refractivity contribution in [3.05, 3.63) is 132 Å². The molecule has 0 saturated heterocycles. The van der Waals surface area contributed by atoms with Gasteiger partial charge in [-0.3, -0.25) is 0 Å². The Morgan fingerprint density at radius 2 is 1.16 bits per heavy atom. The summed E-state index contributed by atoms with van der Waals surface area (Å²) >= 11 is 0. The second-order valence-electron chi connectivity index (χ2n) is 10.5. The Morgan fingerprint density at radius 3 is 1.79 bits per heavy atom. The van der Waals surface area contributed by atoms with E-state index in [4.69, 9.17) is 14.2 Å². The Kier molecular flexibility index (Phi) is 8.69. The van der Waals surface area contributed by atoms with Crippen LogP contribution in [0.15, 0.2) is 121 Å². The van der Waals surface area contributed by atoms with Crippen LogP contribution in [0.5, 0.6) is 11.5 Å². The standard InChI is InChI=1S/C40H34O3/c1-41-35-21-17-29(18-22-35)31-15-16-34(40(27-31)30-19-23-36(42-2)24-20-30)28-43-25-9-3-4-14-39-37-12-7-5-10-32(37)26-33-11-6-8-13-38(33)39/h5-8,10-13,15-24,26-27H,3,9,25,28H2,1-2H3. The van der Waals surface area contributed by atoms with Crippen molar-refractivity contribution in [3.63, 3.8) is 0 Å². The van der Waals surface area contributed by atoms with E-state index in [1.165, 1.54) is 21.5 Å². The van der Waals surface area contributed by atoms with Gasteiger partial charge < -0.3 is 14.2 Å². The summed E-state index contributed by atoms with van der Waals surface area (Å²) in [6.45, 7) is 1.18. The molecule has 0 spiro atoms. The van der Waals surface area contributed by atoms with E-state index in [-0.39, 0.29) is 0 Å². The van der Waals surface area contributed by atoms with Crippen molar-refractivity contribution in [1.29, 1.82) is 0 Å². The number of hydrogen-bond acceptors (Lipinski definition) is 3. The fourth-order valence-electron chi connectivity index (χ4n) is 5.45. The molecule has 0 unspecified atom stereocenters. The molecule has 0 aliphatic carbocycles. The third kappa shape index (κ3) is 6.41. The van der Waals surface area contributed by atoms with Gasteiger partial charge >= 0.3 is 0 Å². The van der Waals surface area contributed by atoms with Gasteiger partial charge in [0.15, 0.2) is 0 Å². The molecule has 0 N–H and O–H groups in total. The van der Waals surface area contributed by atoms with Crippen molar-refractivity contribution < 1.29 is 14.2 Å². The summed E-state index contributed by atoms with van der Waals surface area (Å²) in [6.07, 6.45) is 1.65. The zero-order valence-electron chi connectivity index (χ0n) is 24.6. The van der Waals surface area contributed by atoms with Crippen LogP contribution in [0.25, 0.3) is 43.8 Å². The van der Waals surface area contributed by atoms with Crippen molar-refractivity contribution in [2.75, 3.05) is 20.8 Å². The van der Waals surface area contributed by atoms with Gasteiger partial charge in [-0.05, 0) is 92.2 Å². The first kappa shape index (κ1) is 28.1. The smallest absolute Gasteiger partial charge is 0.118 e. The second-order valence-corrected chi connectivity index (χ2v) is 10.5. The highest BCUT2D eigenvalue weighted by molar-refractivity contribution is 6.04. The highest BCUT2D eigenvalue weighted by Crippen LogP contribution is 2.32. The van der Waals surface area contributed by atoms with E-state index in [1.54, 1.807) is 14.2 Å². The largest absolute Gasteiger partial charge is 0.497 e. The minimum absolute atomic E-state index is 0.533. The van der Waals surface area contributed by atoms with E-state index in [2.05, 4.69) is 109 Å². The lowest BCUT2D eigenvalue weighted by molar-refractivity contribution is 0.120. The molecule has 0 bridgehead atoms. The number of methoxy groups -OCH3 is 2. The van der Waals surface area contributed by atoms with Gasteiger partial charge in [-0.15, -0.1) is 0 Å². The lowest BCUT2D eigenvalue weighted by Gasteiger charge is -2.14. The van der Waals surface area contributed by atoms with Crippen LogP contribution in [0.3, 0.4) is 0 Å². The van der Waals surface area contributed by atoms with Crippen LogP contribution in [0.1, 0.15) is 24.0 Å². The summed E-state index contributed by atoms with van der Waals surface area (Å²) in [5.41, 5.74) is 6.82. The summed E-state index contributed by atoms with van der Waals surface area (Å²) in [4.78, 5) is 0. The van der Waals surface area contributed by atoms with Crippen molar-refractivity contribution in [3.8, 4) is 45.6 Å². The third-order valence-corrected chi connectivity index (χ3v) is 7.77. The van der Waals surface area contributed by atoms with Crippen LogP contribution in [0.4, 0.5) is 0 Å². The van der Waals surface area contributed by atoms with Crippen LogP contribution in [-0.2, 0) is 11.3 Å². The molecule has 0 aliphatic rings. The van der Waals surface area contributed by atoms with Gasteiger partial charge in [0.05, 0.1) is 20.8 Å². The van der Waals surface area contributed by atoms with Crippen molar-refractivity contribution in [1.82, 2.24) is 0 Å². The maximum Gasteiger partial charge on any atom is 0.118 e. The predicted molar refractivity (Wildman–Crippen MR) is 178 cm³/mol. The molecule has 6 aromatic rings. The molecule has 0 fully saturated rings. The van der Waals surface area contributed by atoms with Crippen LogP contribution in [0.2, 0.25) is 0 Å². The average molecular weight is 563 g/mol. The summed E-state index contributed by atoms with van der Waals surface area (Å²) in [6, 6.07) is 42.1. The minimum Gasteiger partial charge on any atom is -0.497 e. The SMILES string of the molecule is COc1ccc(-c2ccc(COCCCC#Cc3c4ccccc4cc4ccccc34)c(-c3ccc(OC)cc3)c2)cc1. The van der Waals surface area contributed by atoms with Crippen LogP contribution in [0, 0.1) is 11.8 Å². The van der Waals surface area contributed by atoms with E-state index in [1.807, 2.05) is 24.3 Å². The van der Waals surface area contributed by atoms with E-state index in [9.17, 15) is 0 Å². The molecule has 0 amide bonds. The van der Waals surface area contributed by atoms with Gasteiger partial charge in [-0.25, -0.2) is 0 Å². The van der Waals surface area contributed by atoms with Gasteiger partial charge in [0.2, 0.25) is 0 Å². The molecule has 6 aromatic carbocycles. The normalized spacial score (nSPS) is 10.8. The van der Waals surface area contributed by atoms with Gasteiger partial charge in [0.1, 0.15) is 11.5 Å². The third-order valence-electron chi connectivity index (χ3n) is 7.77. The second kappa shape index (κ2) is 13.3. The zero-order chi connectivity index (χ0) is 29.4. The molecule has 0 radical (unpaired) electrons. The average Bonchev–Trinajstić information content (AvgIpc) is 3.07. The lowest BCUT2D eigenvalue weighted by atomic mass is 9.94. The van der Waals surface area contributed by atoms with Gasteiger partial charge in [-0.2, -0.15) is 0 Å². The maximum absolute atomic E-state index is 6.19. The van der Waals surface area contributed by atoms with Gasteiger partial charge in [-0.1, -0.05) is 96.8 Å². The quantitative estimate of drug-likeness (QED) is 0.0997. The van der Waals surface area contributed by atoms with Crippen molar-refractivity contribution >= 4 is 21.5 Å². The summed E-state index contributed by atoms with van der Waals surface area (Å²) in [5, 5.41) is 4.85. The first-order valence-corrected chi connectivity index (χ1v) is 14.6. The van der Waals surface area contributed by atoms with E-state index in [0.717, 1.165) is 57.7 Å². The molecule has 0 heterocycles. The minimum atomic E-state index is 0.533. The predicted octanol–water partition coefficient (Wildman–Crippen LogP) is 9.69. The highest BCUT2D eigenvalue weighted by atomic mass is 16.5. The number of fused-ring (bicyclic) bond motifs is 2. The molecular weight excluding hydrogens is 528 g/mol. The van der Waals surface area contributed by atoms with Gasteiger partial charge in [0, 0.05) is 18.6 Å². The number of ether oxygens (including phenoxy) is 3. The fourth-order valence-corrected chi connectivity index (χ4v) is 5.45. The first-order valence-electron chi connectivity index (χ1n) is 14.6. The van der Waals surface area contributed by atoms with Crippen LogP contribution < -0.4 is 9.47 Å². The number of benzene rings is 6. The highest BCUT2D eigenvalue weighted by Gasteiger charge is 2.10. The van der Waals surface area contributed by atoms with Crippen LogP contribution >= 0.6 is 0 Å². The molecule has 6 rings (SSSR count). The summed E-state index contributed by atoms with van der Waals surface area (Å²) < 4.78 is 16.9. The molecule has 0 aromatic heterocycles. The summed E-state index contributed by atoms with van der Waals surface area (Å²) in [5.74, 6) is 8.59. The van der Waals surface area contributed by atoms with E-state index < -0.39 is 0 Å². The first-order chi connectivity index (χ1) is 21.2. The van der Waals surface area contributed by atoms with Crippen LogP contribution in [-0.4, -0.2) is 20.8 Å². The fraction of sp³-hybridized carbons (Fsp3) is 0.150. The molecule has 3 heteroatoms. The topological polar surface area (TPSA) is 27.7 Å². The monoisotopic (exact) mass is 562 g/mol. The van der Waals surface area contributed by atoms with E-state index >= 15 is 0 Å². The Hall–Kier alpha value is -5.04. The zero-order valence-corrected chi connectivity index (χ0v) is 24.6. The summed E-state index contributed by atoms with van der Waals surface area (Å²) in [7, 11) is 3.37. The Bertz CT molecular complexity index is 1860. The lowest BCUT2D eigenvalue weighted by Crippen LogP contribution is -1.98. The Balaban J connectivity index is 1.15. The molecular formula is C40H34O3. The van der Waals surface area contributed by atoms with Crippen molar-refractivity contribution in [2.24, 2.45) is 0 Å². The Labute approximate surface area is 253 Å². The van der Waals surface area contributed by atoms with E-state index in [0.29, 0.717) is 13.2 Å². The number of rotatable bonds is 9. The maximum atomic E-state index is 6.19. The Morgan fingerprint density at radius 1 is 0.581 bits per heavy atom. The number of hydrogen-bond donors (Lipinski definition) is 0. The molecule has 0 atom stereocenters. The van der Waals surface area contributed by atoms with Crippen molar-refractivity contribution in [2.45, 2.75) is 19.4 Å². The molecule has 0 saturated carbocycles.